The maximum atomic E-state index is 5.51. The molecule has 0 unspecified atom stereocenters. The number of aryl methyl sites for hydroxylation is 1. The summed E-state index contributed by atoms with van der Waals surface area (Å²) in [5.74, 6) is 0.614. The van der Waals surface area contributed by atoms with E-state index in [0.717, 1.165) is 26.2 Å². The lowest BCUT2D eigenvalue weighted by atomic mass is 10.1. The molecule has 0 heterocycles. The summed E-state index contributed by atoms with van der Waals surface area (Å²) in [6.45, 7) is 8.99. The molecule has 0 spiro atoms. The van der Waals surface area contributed by atoms with Gasteiger partial charge >= 0.3 is 0 Å². The minimum atomic E-state index is 0.614. The maximum Gasteiger partial charge on any atom is 0.0639 e. The third-order valence-corrected chi connectivity index (χ3v) is 2.36. The molecule has 1 aromatic carbocycles. The van der Waals surface area contributed by atoms with Crippen molar-refractivity contribution in [3.8, 4) is 0 Å². The Kier molecular flexibility index (Phi) is 5.94. The lowest BCUT2D eigenvalue weighted by molar-refractivity contribution is 0.118. The Morgan fingerprint density at radius 1 is 1.31 bits per heavy atom. The number of benzene rings is 1. The zero-order valence-electron chi connectivity index (χ0n) is 10.6. The average molecular weight is 221 g/mol. The van der Waals surface area contributed by atoms with Crippen LogP contribution in [-0.2, 0) is 11.2 Å². The molecule has 0 aliphatic carbocycles. The Morgan fingerprint density at radius 3 is 2.81 bits per heavy atom. The first-order valence-corrected chi connectivity index (χ1v) is 6.13. The molecule has 0 atom stereocenters. The van der Waals surface area contributed by atoms with Gasteiger partial charge in [0.25, 0.3) is 0 Å². The van der Waals surface area contributed by atoms with Crippen LogP contribution in [0.2, 0.25) is 0 Å². The third-order valence-electron chi connectivity index (χ3n) is 2.36. The molecule has 0 saturated carbocycles. The lowest BCUT2D eigenvalue weighted by Gasteiger charge is -2.09. The highest BCUT2D eigenvalue weighted by molar-refractivity contribution is 5.45. The molecule has 90 valence electrons. The van der Waals surface area contributed by atoms with E-state index in [-0.39, 0.29) is 0 Å². The highest BCUT2D eigenvalue weighted by Crippen LogP contribution is 2.10. The van der Waals surface area contributed by atoms with E-state index in [0.29, 0.717) is 5.92 Å². The van der Waals surface area contributed by atoms with Crippen molar-refractivity contribution in [3.63, 3.8) is 0 Å². The van der Waals surface area contributed by atoms with Gasteiger partial charge in [-0.2, -0.15) is 0 Å². The molecule has 0 bridgehead atoms. The van der Waals surface area contributed by atoms with Crippen LogP contribution in [0.25, 0.3) is 0 Å². The predicted octanol–water partition coefficient (Wildman–Crippen LogP) is 3.33. The van der Waals surface area contributed by atoms with Gasteiger partial charge in [0, 0.05) is 18.8 Å². The molecular weight excluding hydrogens is 198 g/mol. The fraction of sp³-hybridized carbons (Fsp3) is 0.571. The topological polar surface area (TPSA) is 21.3 Å². The Morgan fingerprint density at radius 2 is 2.12 bits per heavy atom. The van der Waals surface area contributed by atoms with Crippen molar-refractivity contribution in [2.24, 2.45) is 5.92 Å². The molecule has 2 nitrogen and oxygen atoms in total. The second-order valence-electron chi connectivity index (χ2n) is 4.45. The van der Waals surface area contributed by atoms with Gasteiger partial charge in [0.2, 0.25) is 0 Å². The van der Waals surface area contributed by atoms with Crippen LogP contribution in [0.3, 0.4) is 0 Å². The van der Waals surface area contributed by atoms with Gasteiger partial charge in [0.05, 0.1) is 6.61 Å². The first-order chi connectivity index (χ1) is 7.72. The minimum absolute atomic E-state index is 0.614. The minimum Gasteiger partial charge on any atom is -0.383 e. The smallest absolute Gasteiger partial charge is 0.0639 e. The molecule has 1 N–H and O–H groups in total. The molecule has 1 aromatic rings. The monoisotopic (exact) mass is 221 g/mol. The first-order valence-electron chi connectivity index (χ1n) is 6.13. The van der Waals surface area contributed by atoms with Crippen molar-refractivity contribution in [2.45, 2.75) is 27.2 Å². The normalized spacial score (nSPS) is 10.8. The van der Waals surface area contributed by atoms with Crippen molar-refractivity contribution in [1.29, 1.82) is 0 Å². The van der Waals surface area contributed by atoms with Gasteiger partial charge in [0.15, 0.2) is 0 Å². The molecule has 0 saturated heterocycles. The Bertz CT molecular complexity index is 297. The SMILES string of the molecule is CCc1cccc(NCCOCC(C)C)c1. The quantitative estimate of drug-likeness (QED) is 0.713. The number of hydrogen-bond acceptors (Lipinski definition) is 2. The number of ether oxygens (including phenoxy) is 1. The van der Waals surface area contributed by atoms with Crippen molar-refractivity contribution in [1.82, 2.24) is 0 Å². The zero-order valence-corrected chi connectivity index (χ0v) is 10.6. The number of rotatable bonds is 7. The van der Waals surface area contributed by atoms with E-state index in [1.165, 1.54) is 11.3 Å². The molecule has 0 amide bonds. The zero-order chi connectivity index (χ0) is 11.8. The van der Waals surface area contributed by atoms with Gasteiger partial charge in [-0.15, -0.1) is 0 Å². The van der Waals surface area contributed by atoms with Crippen LogP contribution in [0.5, 0.6) is 0 Å². The highest BCUT2D eigenvalue weighted by Gasteiger charge is 1.95. The molecule has 0 aliphatic rings. The Hall–Kier alpha value is -1.02. The van der Waals surface area contributed by atoms with E-state index in [1.54, 1.807) is 0 Å². The highest BCUT2D eigenvalue weighted by atomic mass is 16.5. The van der Waals surface area contributed by atoms with E-state index in [1.807, 2.05) is 0 Å². The summed E-state index contributed by atoms with van der Waals surface area (Å²) < 4.78 is 5.51. The molecule has 16 heavy (non-hydrogen) atoms. The molecule has 0 fully saturated rings. The van der Waals surface area contributed by atoms with Gasteiger partial charge < -0.3 is 10.1 Å². The molecule has 2 heteroatoms. The lowest BCUT2D eigenvalue weighted by Crippen LogP contribution is -2.12. The summed E-state index contributed by atoms with van der Waals surface area (Å²) in [6.07, 6.45) is 1.08. The van der Waals surface area contributed by atoms with Gasteiger partial charge in [0.1, 0.15) is 0 Å². The van der Waals surface area contributed by atoms with Gasteiger partial charge in [-0.25, -0.2) is 0 Å². The van der Waals surface area contributed by atoms with E-state index in [2.05, 4.69) is 50.4 Å². The van der Waals surface area contributed by atoms with Crippen LogP contribution in [0, 0.1) is 5.92 Å². The van der Waals surface area contributed by atoms with E-state index in [9.17, 15) is 0 Å². The van der Waals surface area contributed by atoms with Crippen LogP contribution < -0.4 is 5.32 Å². The van der Waals surface area contributed by atoms with E-state index in [4.69, 9.17) is 4.74 Å². The third kappa shape index (κ3) is 5.17. The van der Waals surface area contributed by atoms with Gasteiger partial charge in [-0.1, -0.05) is 32.9 Å². The Labute approximate surface area is 99.0 Å². The maximum absolute atomic E-state index is 5.51. The van der Waals surface area contributed by atoms with Crippen LogP contribution in [-0.4, -0.2) is 19.8 Å². The van der Waals surface area contributed by atoms with Crippen LogP contribution in [0.1, 0.15) is 26.3 Å². The fourth-order valence-electron chi connectivity index (χ4n) is 1.49. The van der Waals surface area contributed by atoms with Crippen LogP contribution >= 0.6 is 0 Å². The van der Waals surface area contributed by atoms with Crippen molar-refractivity contribution in [2.75, 3.05) is 25.1 Å². The number of anilines is 1. The van der Waals surface area contributed by atoms with Gasteiger partial charge in [-0.05, 0) is 30.0 Å². The average Bonchev–Trinajstić information content (AvgIpc) is 2.28. The van der Waals surface area contributed by atoms with Crippen LogP contribution in [0.4, 0.5) is 5.69 Å². The molecule has 0 radical (unpaired) electrons. The predicted molar refractivity (Wildman–Crippen MR) is 70.0 cm³/mol. The second kappa shape index (κ2) is 7.29. The first kappa shape index (κ1) is 13.0. The van der Waals surface area contributed by atoms with Gasteiger partial charge in [-0.3, -0.25) is 0 Å². The van der Waals surface area contributed by atoms with E-state index >= 15 is 0 Å². The standard InChI is InChI=1S/C14H23NO/c1-4-13-6-5-7-14(10-13)15-8-9-16-11-12(2)3/h5-7,10,12,15H,4,8-9,11H2,1-3H3. The summed E-state index contributed by atoms with van der Waals surface area (Å²) >= 11 is 0. The number of nitrogens with one attached hydrogen (secondary N) is 1. The van der Waals surface area contributed by atoms with Crippen molar-refractivity contribution in [3.05, 3.63) is 29.8 Å². The van der Waals surface area contributed by atoms with Crippen molar-refractivity contribution < 1.29 is 4.74 Å². The Balaban J connectivity index is 2.21. The summed E-state index contributed by atoms with van der Waals surface area (Å²) in [6, 6.07) is 8.54. The van der Waals surface area contributed by atoms with Crippen LogP contribution in [0.15, 0.2) is 24.3 Å². The van der Waals surface area contributed by atoms with E-state index < -0.39 is 0 Å². The largest absolute Gasteiger partial charge is 0.383 e. The summed E-state index contributed by atoms with van der Waals surface area (Å²) in [5.41, 5.74) is 2.56. The molecule has 0 aromatic heterocycles. The van der Waals surface area contributed by atoms with Crippen molar-refractivity contribution >= 4 is 5.69 Å². The number of hydrogen-bond donors (Lipinski definition) is 1. The fourth-order valence-corrected chi connectivity index (χ4v) is 1.49. The summed E-state index contributed by atoms with van der Waals surface area (Å²) in [7, 11) is 0. The molecular formula is C14H23NO. The molecule has 1 rings (SSSR count). The second-order valence-corrected chi connectivity index (χ2v) is 4.45. The summed E-state index contributed by atoms with van der Waals surface area (Å²) in [4.78, 5) is 0. The summed E-state index contributed by atoms with van der Waals surface area (Å²) in [5, 5.41) is 3.37. The molecule has 0 aliphatic heterocycles.